The van der Waals surface area contributed by atoms with Crippen molar-refractivity contribution in [3.8, 4) is 5.75 Å². The van der Waals surface area contributed by atoms with Crippen LogP contribution in [0, 0.1) is 5.92 Å². The number of imide groups is 1. The monoisotopic (exact) mass is 348 g/mol. The quantitative estimate of drug-likeness (QED) is 0.647. The minimum absolute atomic E-state index is 0.225. The SMILES string of the molecule is CC(C)CNC(=O)NC(=O)C(C)Nc1ccc2c(c1)NC(=O)C(C)O2. The summed E-state index contributed by atoms with van der Waals surface area (Å²) in [6.07, 6.45) is -0.541. The summed E-state index contributed by atoms with van der Waals surface area (Å²) in [7, 11) is 0. The molecule has 4 N–H and O–H groups in total. The molecule has 2 atom stereocenters. The Bertz CT molecular complexity index is 675. The van der Waals surface area contributed by atoms with Crippen LogP contribution in [0.15, 0.2) is 18.2 Å². The third kappa shape index (κ3) is 5.10. The van der Waals surface area contributed by atoms with E-state index >= 15 is 0 Å². The van der Waals surface area contributed by atoms with E-state index < -0.39 is 24.1 Å². The molecule has 1 aliphatic rings. The average Bonchev–Trinajstić information content (AvgIpc) is 2.54. The van der Waals surface area contributed by atoms with Gasteiger partial charge in [-0.15, -0.1) is 0 Å². The lowest BCUT2D eigenvalue weighted by molar-refractivity contribution is -0.123. The van der Waals surface area contributed by atoms with E-state index in [0.717, 1.165) is 0 Å². The number of anilines is 2. The third-order valence-electron chi connectivity index (χ3n) is 3.59. The van der Waals surface area contributed by atoms with Gasteiger partial charge < -0.3 is 20.7 Å². The van der Waals surface area contributed by atoms with Gasteiger partial charge in [0.2, 0.25) is 5.91 Å². The van der Waals surface area contributed by atoms with E-state index in [2.05, 4.69) is 21.3 Å². The largest absolute Gasteiger partial charge is 0.479 e. The van der Waals surface area contributed by atoms with Crippen molar-refractivity contribution < 1.29 is 19.1 Å². The Labute approximate surface area is 146 Å². The van der Waals surface area contributed by atoms with Crippen molar-refractivity contribution in [3.63, 3.8) is 0 Å². The molecular weight excluding hydrogens is 324 g/mol. The van der Waals surface area contributed by atoms with Crippen LogP contribution < -0.4 is 26.0 Å². The normalized spacial score (nSPS) is 17.0. The lowest BCUT2D eigenvalue weighted by atomic mass is 10.2. The molecular formula is C17H24N4O4. The summed E-state index contributed by atoms with van der Waals surface area (Å²) < 4.78 is 5.48. The summed E-state index contributed by atoms with van der Waals surface area (Å²) in [4.78, 5) is 35.4. The van der Waals surface area contributed by atoms with Gasteiger partial charge in [0.15, 0.2) is 6.10 Å². The average molecular weight is 348 g/mol. The molecule has 1 aromatic carbocycles. The van der Waals surface area contributed by atoms with Crippen molar-refractivity contribution in [2.75, 3.05) is 17.2 Å². The highest BCUT2D eigenvalue weighted by Crippen LogP contribution is 2.32. The number of carbonyl (C=O) groups excluding carboxylic acids is 3. The van der Waals surface area contributed by atoms with Gasteiger partial charge in [0.1, 0.15) is 11.8 Å². The summed E-state index contributed by atoms with van der Waals surface area (Å²) in [6, 6.07) is 3.98. The predicted octanol–water partition coefficient (Wildman–Crippen LogP) is 1.69. The van der Waals surface area contributed by atoms with Gasteiger partial charge in [0, 0.05) is 12.2 Å². The second kappa shape index (κ2) is 7.87. The second-order valence-corrected chi connectivity index (χ2v) is 6.42. The van der Waals surface area contributed by atoms with Crippen LogP contribution in [0.2, 0.25) is 0 Å². The molecule has 1 aromatic rings. The highest BCUT2D eigenvalue weighted by atomic mass is 16.5. The Kier molecular flexibility index (Phi) is 5.84. The first-order valence-electron chi connectivity index (χ1n) is 8.23. The standard InChI is InChI=1S/C17H24N4O4/c1-9(2)8-18-17(24)21-15(22)10(3)19-12-5-6-14-13(7-12)20-16(23)11(4)25-14/h5-7,9-11,19H,8H2,1-4H3,(H,20,23)(H2,18,21,22,24). The molecule has 0 bridgehead atoms. The number of amides is 4. The number of fused-ring (bicyclic) bond motifs is 1. The molecule has 136 valence electrons. The topological polar surface area (TPSA) is 109 Å². The van der Waals surface area contributed by atoms with E-state index in [1.165, 1.54) is 0 Å². The molecule has 0 saturated carbocycles. The van der Waals surface area contributed by atoms with Crippen LogP contribution in [0.4, 0.5) is 16.2 Å². The minimum atomic E-state index is -0.637. The van der Waals surface area contributed by atoms with Crippen LogP contribution in [-0.4, -0.2) is 36.5 Å². The number of benzene rings is 1. The Balaban J connectivity index is 1.93. The Morgan fingerprint density at radius 1 is 1.28 bits per heavy atom. The summed E-state index contributed by atoms with van der Waals surface area (Å²) in [5.74, 6) is 0.194. The molecule has 0 radical (unpaired) electrons. The van der Waals surface area contributed by atoms with Crippen LogP contribution in [0.3, 0.4) is 0 Å². The van der Waals surface area contributed by atoms with Crippen LogP contribution in [0.1, 0.15) is 27.7 Å². The number of carbonyl (C=O) groups is 3. The molecule has 2 rings (SSSR count). The zero-order valence-electron chi connectivity index (χ0n) is 14.8. The molecule has 1 aliphatic heterocycles. The maximum absolute atomic E-state index is 12.1. The number of nitrogens with one attached hydrogen (secondary N) is 4. The zero-order chi connectivity index (χ0) is 18.6. The smallest absolute Gasteiger partial charge is 0.321 e. The van der Waals surface area contributed by atoms with Crippen LogP contribution >= 0.6 is 0 Å². The Hall–Kier alpha value is -2.77. The van der Waals surface area contributed by atoms with Crippen LogP contribution in [-0.2, 0) is 9.59 Å². The molecule has 8 nitrogen and oxygen atoms in total. The molecule has 25 heavy (non-hydrogen) atoms. The van der Waals surface area contributed by atoms with Crippen molar-refractivity contribution >= 4 is 29.2 Å². The molecule has 0 aromatic heterocycles. The molecule has 1 heterocycles. The van der Waals surface area contributed by atoms with Crippen LogP contribution in [0.25, 0.3) is 0 Å². The van der Waals surface area contributed by atoms with Crippen molar-refractivity contribution in [1.82, 2.24) is 10.6 Å². The summed E-state index contributed by atoms with van der Waals surface area (Å²) in [6.45, 7) is 7.73. The van der Waals surface area contributed by atoms with Gasteiger partial charge >= 0.3 is 6.03 Å². The van der Waals surface area contributed by atoms with Crippen LogP contribution in [0.5, 0.6) is 5.75 Å². The lowest BCUT2D eigenvalue weighted by Gasteiger charge is -2.24. The van der Waals surface area contributed by atoms with Crippen molar-refractivity contribution in [1.29, 1.82) is 0 Å². The highest BCUT2D eigenvalue weighted by molar-refractivity contribution is 5.99. The van der Waals surface area contributed by atoms with Gasteiger partial charge in [0.05, 0.1) is 5.69 Å². The fraction of sp³-hybridized carbons (Fsp3) is 0.471. The first kappa shape index (κ1) is 18.6. The van der Waals surface area contributed by atoms with Gasteiger partial charge in [-0.2, -0.15) is 0 Å². The highest BCUT2D eigenvalue weighted by Gasteiger charge is 2.24. The molecule has 0 spiro atoms. The molecule has 0 fully saturated rings. The maximum atomic E-state index is 12.1. The number of hydrogen-bond donors (Lipinski definition) is 4. The summed E-state index contributed by atoms with van der Waals surface area (Å²) in [5, 5.41) is 10.6. The van der Waals surface area contributed by atoms with E-state index in [0.29, 0.717) is 29.6 Å². The Morgan fingerprint density at radius 2 is 2.00 bits per heavy atom. The zero-order valence-corrected chi connectivity index (χ0v) is 14.8. The van der Waals surface area contributed by atoms with Gasteiger partial charge in [-0.25, -0.2) is 4.79 Å². The maximum Gasteiger partial charge on any atom is 0.321 e. The van der Waals surface area contributed by atoms with Crippen molar-refractivity contribution in [3.05, 3.63) is 18.2 Å². The summed E-state index contributed by atoms with van der Waals surface area (Å²) in [5.41, 5.74) is 1.16. The van der Waals surface area contributed by atoms with E-state index in [4.69, 9.17) is 4.74 Å². The van der Waals surface area contributed by atoms with E-state index in [1.807, 2.05) is 13.8 Å². The second-order valence-electron chi connectivity index (χ2n) is 6.42. The number of urea groups is 1. The van der Waals surface area contributed by atoms with Gasteiger partial charge in [0.25, 0.3) is 5.91 Å². The van der Waals surface area contributed by atoms with Crippen molar-refractivity contribution in [2.45, 2.75) is 39.8 Å². The molecule has 0 aliphatic carbocycles. The summed E-state index contributed by atoms with van der Waals surface area (Å²) >= 11 is 0. The third-order valence-corrected chi connectivity index (χ3v) is 3.59. The predicted molar refractivity (Wildman–Crippen MR) is 94.6 cm³/mol. The van der Waals surface area contributed by atoms with Crippen molar-refractivity contribution in [2.24, 2.45) is 5.92 Å². The molecule has 2 unspecified atom stereocenters. The van der Waals surface area contributed by atoms with E-state index in [9.17, 15) is 14.4 Å². The van der Waals surface area contributed by atoms with Gasteiger partial charge in [-0.05, 0) is 38.0 Å². The first-order chi connectivity index (χ1) is 11.8. The fourth-order valence-corrected chi connectivity index (χ4v) is 2.18. The van der Waals surface area contributed by atoms with E-state index in [-0.39, 0.29) is 5.91 Å². The fourth-order valence-electron chi connectivity index (χ4n) is 2.18. The minimum Gasteiger partial charge on any atom is -0.479 e. The first-order valence-corrected chi connectivity index (χ1v) is 8.23. The lowest BCUT2D eigenvalue weighted by Crippen LogP contribution is -2.46. The molecule has 8 heteroatoms. The van der Waals surface area contributed by atoms with Gasteiger partial charge in [-0.3, -0.25) is 14.9 Å². The van der Waals surface area contributed by atoms with Gasteiger partial charge in [-0.1, -0.05) is 13.8 Å². The number of rotatable bonds is 5. The molecule has 4 amide bonds. The molecule has 0 saturated heterocycles. The Morgan fingerprint density at radius 3 is 2.68 bits per heavy atom. The number of ether oxygens (including phenoxy) is 1. The van der Waals surface area contributed by atoms with E-state index in [1.54, 1.807) is 32.0 Å². The number of hydrogen-bond acceptors (Lipinski definition) is 5.